The number of carboxylic acid groups (broad SMARTS) is 1. The second kappa shape index (κ2) is 7.47. The number of alkyl halides is 1. The van der Waals surface area contributed by atoms with Gasteiger partial charge < -0.3 is 15.2 Å². The highest BCUT2D eigenvalue weighted by atomic mass is 127. The second-order valence-electron chi connectivity index (χ2n) is 4.85. The number of carbonyl (C=O) groups excluding carboxylic acids is 1. The van der Waals surface area contributed by atoms with Crippen LogP contribution in [0.15, 0.2) is 30.3 Å². The maximum Gasteiger partial charge on any atom is 0.408 e. The number of alkyl carbamates (subject to hydrolysis) is 1. The number of halogens is 1. The van der Waals surface area contributed by atoms with Crippen molar-refractivity contribution in [3.63, 3.8) is 0 Å². The lowest BCUT2D eigenvalue weighted by Crippen LogP contribution is -2.49. The first-order valence-corrected chi connectivity index (χ1v) is 7.70. The summed E-state index contributed by atoms with van der Waals surface area (Å²) in [7, 11) is 0. The van der Waals surface area contributed by atoms with Gasteiger partial charge in [0.15, 0.2) is 0 Å². The molecule has 0 aromatic heterocycles. The molecule has 0 aliphatic heterocycles. The van der Waals surface area contributed by atoms with E-state index in [2.05, 4.69) is 5.32 Å². The van der Waals surface area contributed by atoms with Crippen molar-refractivity contribution in [3.05, 3.63) is 35.9 Å². The van der Waals surface area contributed by atoms with E-state index in [1.165, 1.54) is 0 Å². The maximum absolute atomic E-state index is 11.9. The fourth-order valence-electron chi connectivity index (χ4n) is 1.69. The molecule has 0 radical (unpaired) electrons. The van der Waals surface area contributed by atoms with Crippen LogP contribution in [0.25, 0.3) is 0 Å². The lowest BCUT2D eigenvalue weighted by molar-refractivity contribution is -0.138. The Morgan fingerprint density at radius 1 is 1.40 bits per heavy atom. The van der Waals surface area contributed by atoms with Crippen LogP contribution in [0.2, 0.25) is 0 Å². The quantitative estimate of drug-likeness (QED) is 0.577. The van der Waals surface area contributed by atoms with Gasteiger partial charge in [0.25, 0.3) is 0 Å². The minimum absolute atomic E-state index is 0.148. The number of amides is 1. The second-order valence-corrected chi connectivity index (χ2v) is 5.61. The Hall–Kier alpha value is -1.31. The van der Waals surface area contributed by atoms with Crippen LogP contribution in [0.4, 0.5) is 4.79 Å². The van der Waals surface area contributed by atoms with E-state index < -0.39 is 17.6 Å². The summed E-state index contributed by atoms with van der Waals surface area (Å²) in [6, 6.07) is 9.36. The smallest absolute Gasteiger partial charge is 0.408 e. The van der Waals surface area contributed by atoms with Gasteiger partial charge in [-0.15, -0.1) is 0 Å². The third-order valence-electron chi connectivity index (χ3n) is 2.79. The Morgan fingerprint density at radius 2 is 2.00 bits per heavy atom. The normalized spacial score (nSPS) is 14.9. The Labute approximate surface area is 131 Å². The van der Waals surface area contributed by atoms with Crippen LogP contribution in [0, 0.1) is 0 Å². The number of hydrogen-bond donors (Lipinski definition) is 2. The number of ether oxygens (including phenoxy) is 1. The number of carbonyl (C=O) groups is 2. The molecule has 0 saturated carbocycles. The molecule has 0 heterocycles. The average Bonchev–Trinajstić information content (AvgIpc) is 2.38. The molecule has 0 spiro atoms. The summed E-state index contributed by atoms with van der Waals surface area (Å²) in [6.45, 7) is 3.45. The average molecular weight is 391 g/mol. The standard InChI is InChI=1S/C14H18INO4/c1-10(11-6-4-3-5-7-11)20-13(19)16-14(2,9-15)8-12(17)18/h3-7,10H,8-9H2,1-2H3,(H,16,19)(H,17,18)/t10?,14-/m1/s1. The van der Waals surface area contributed by atoms with E-state index in [1.807, 2.05) is 52.9 Å². The molecule has 1 unspecified atom stereocenters. The van der Waals surface area contributed by atoms with Crippen LogP contribution in [0.5, 0.6) is 0 Å². The predicted molar refractivity (Wildman–Crippen MR) is 84.0 cm³/mol. The van der Waals surface area contributed by atoms with Crippen molar-refractivity contribution in [2.75, 3.05) is 4.43 Å². The summed E-state index contributed by atoms with van der Waals surface area (Å²) >= 11 is 2.04. The predicted octanol–water partition coefficient (Wildman–Crippen LogP) is 3.14. The summed E-state index contributed by atoms with van der Waals surface area (Å²) in [5, 5.41) is 11.5. The van der Waals surface area contributed by atoms with Gasteiger partial charge in [-0.1, -0.05) is 52.9 Å². The van der Waals surface area contributed by atoms with Gasteiger partial charge in [-0.2, -0.15) is 0 Å². The van der Waals surface area contributed by atoms with Crippen molar-refractivity contribution in [1.29, 1.82) is 0 Å². The van der Waals surface area contributed by atoms with E-state index in [0.29, 0.717) is 4.43 Å². The van der Waals surface area contributed by atoms with Crippen LogP contribution in [-0.2, 0) is 9.53 Å². The minimum Gasteiger partial charge on any atom is -0.481 e. The molecule has 1 rings (SSSR count). The molecule has 0 saturated heterocycles. The number of carboxylic acids is 1. The number of hydrogen-bond acceptors (Lipinski definition) is 3. The van der Waals surface area contributed by atoms with Crippen molar-refractivity contribution in [3.8, 4) is 0 Å². The number of rotatable bonds is 6. The first kappa shape index (κ1) is 16.7. The fraction of sp³-hybridized carbons (Fsp3) is 0.429. The number of aliphatic carboxylic acids is 1. The van der Waals surface area contributed by atoms with E-state index in [0.717, 1.165) is 5.56 Å². The summed E-state index contributed by atoms with van der Waals surface area (Å²) in [6.07, 6.45) is -1.15. The molecule has 0 bridgehead atoms. The Bertz CT molecular complexity index is 466. The van der Waals surface area contributed by atoms with Gasteiger partial charge in [-0.05, 0) is 19.4 Å². The largest absolute Gasteiger partial charge is 0.481 e. The highest BCUT2D eigenvalue weighted by molar-refractivity contribution is 14.1. The monoisotopic (exact) mass is 391 g/mol. The molecule has 0 aliphatic carbocycles. The molecule has 6 heteroatoms. The summed E-state index contributed by atoms with van der Waals surface area (Å²) < 4.78 is 5.75. The zero-order chi connectivity index (χ0) is 15.2. The summed E-state index contributed by atoms with van der Waals surface area (Å²) in [4.78, 5) is 22.7. The van der Waals surface area contributed by atoms with E-state index in [9.17, 15) is 9.59 Å². The molecular formula is C14H18INO4. The molecule has 0 aliphatic rings. The minimum atomic E-state index is -0.958. The van der Waals surface area contributed by atoms with Crippen LogP contribution < -0.4 is 5.32 Å². The van der Waals surface area contributed by atoms with Gasteiger partial charge >= 0.3 is 12.1 Å². The first-order valence-electron chi connectivity index (χ1n) is 6.18. The molecule has 20 heavy (non-hydrogen) atoms. The van der Waals surface area contributed by atoms with Crippen molar-refractivity contribution in [1.82, 2.24) is 5.32 Å². The summed E-state index contributed by atoms with van der Waals surface area (Å²) in [5.74, 6) is -0.958. The zero-order valence-corrected chi connectivity index (χ0v) is 13.6. The molecule has 0 fully saturated rings. The van der Waals surface area contributed by atoms with E-state index in [4.69, 9.17) is 9.84 Å². The van der Waals surface area contributed by atoms with Gasteiger partial charge in [0.1, 0.15) is 6.10 Å². The zero-order valence-electron chi connectivity index (χ0n) is 11.4. The van der Waals surface area contributed by atoms with Crippen molar-refractivity contribution < 1.29 is 19.4 Å². The van der Waals surface area contributed by atoms with E-state index in [-0.39, 0.29) is 12.5 Å². The molecule has 110 valence electrons. The van der Waals surface area contributed by atoms with E-state index in [1.54, 1.807) is 13.8 Å². The SMILES string of the molecule is CC(OC(=O)N[C@@](C)(CI)CC(=O)O)c1ccccc1. The third-order valence-corrected chi connectivity index (χ3v) is 4.48. The van der Waals surface area contributed by atoms with Crippen molar-refractivity contribution in [2.45, 2.75) is 31.9 Å². The Morgan fingerprint density at radius 3 is 2.50 bits per heavy atom. The van der Waals surface area contributed by atoms with Crippen LogP contribution >= 0.6 is 22.6 Å². The van der Waals surface area contributed by atoms with Gasteiger partial charge in [0, 0.05) is 4.43 Å². The van der Waals surface area contributed by atoms with Crippen LogP contribution in [0.1, 0.15) is 31.9 Å². The van der Waals surface area contributed by atoms with Gasteiger partial charge in [-0.3, -0.25) is 4.79 Å². The third kappa shape index (κ3) is 5.36. The highest BCUT2D eigenvalue weighted by Gasteiger charge is 2.29. The van der Waals surface area contributed by atoms with Gasteiger partial charge in [0.05, 0.1) is 12.0 Å². The van der Waals surface area contributed by atoms with Crippen LogP contribution in [-0.4, -0.2) is 27.1 Å². The van der Waals surface area contributed by atoms with Gasteiger partial charge in [0.2, 0.25) is 0 Å². The molecule has 1 aromatic carbocycles. The molecule has 1 amide bonds. The Balaban J connectivity index is 2.60. The molecule has 5 nitrogen and oxygen atoms in total. The molecule has 1 aromatic rings. The highest BCUT2D eigenvalue weighted by Crippen LogP contribution is 2.18. The van der Waals surface area contributed by atoms with E-state index >= 15 is 0 Å². The lowest BCUT2D eigenvalue weighted by Gasteiger charge is -2.27. The first-order chi connectivity index (χ1) is 9.36. The number of nitrogens with one attached hydrogen (secondary N) is 1. The molecule has 2 N–H and O–H groups in total. The fourth-order valence-corrected chi connectivity index (χ4v) is 2.15. The maximum atomic E-state index is 11.9. The number of benzene rings is 1. The molecular weight excluding hydrogens is 373 g/mol. The topological polar surface area (TPSA) is 75.6 Å². The Kier molecular flexibility index (Phi) is 6.25. The van der Waals surface area contributed by atoms with Gasteiger partial charge in [-0.25, -0.2) is 4.79 Å². The van der Waals surface area contributed by atoms with Crippen molar-refractivity contribution >= 4 is 34.7 Å². The summed E-state index contributed by atoms with van der Waals surface area (Å²) in [5.41, 5.74) is 0.0666. The lowest BCUT2D eigenvalue weighted by atomic mass is 10.0. The van der Waals surface area contributed by atoms with Crippen molar-refractivity contribution in [2.24, 2.45) is 0 Å². The van der Waals surface area contributed by atoms with Crippen LogP contribution in [0.3, 0.4) is 0 Å². The molecule has 2 atom stereocenters.